The van der Waals surface area contributed by atoms with Crippen LogP contribution in [-0.4, -0.2) is 55.2 Å². The van der Waals surface area contributed by atoms with Crippen molar-refractivity contribution in [3.63, 3.8) is 0 Å². The van der Waals surface area contributed by atoms with Gasteiger partial charge in [0.25, 0.3) is 0 Å². The lowest BCUT2D eigenvalue weighted by atomic mass is 10.1. The number of halogens is 2. The summed E-state index contributed by atoms with van der Waals surface area (Å²) in [5.74, 6) is -0.0665. The molecule has 1 aromatic rings. The monoisotopic (exact) mass is 371 g/mol. The number of piperidine rings is 1. The fraction of sp³-hybridized carbons (Fsp3) is 0.526. The SMILES string of the molecule is N#Cc1cccc(F)c1N1C[C@@H]2C(NCC(=O)N3C[C@@H](F)C[C@H]3C#N)[C@@H]2C1. The number of nitriles is 2. The van der Waals surface area contributed by atoms with E-state index in [1.54, 1.807) is 6.07 Å². The predicted molar refractivity (Wildman–Crippen MR) is 92.7 cm³/mol. The molecule has 1 aliphatic carbocycles. The zero-order valence-electron chi connectivity index (χ0n) is 14.6. The van der Waals surface area contributed by atoms with Gasteiger partial charge in [0.2, 0.25) is 5.91 Å². The molecule has 3 aliphatic rings. The number of benzene rings is 1. The van der Waals surface area contributed by atoms with Gasteiger partial charge in [0.1, 0.15) is 24.1 Å². The number of hydrogen-bond acceptors (Lipinski definition) is 5. The van der Waals surface area contributed by atoms with Crippen molar-refractivity contribution >= 4 is 11.6 Å². The van der Waals surface area contributed by atoms with Crippen LogP contribution in [0, 0.1) is 40.3 Å². The number of fused-ring (bicyclic) bond motifs is 1. The molecule has 2 saturated heterocycles. The molecule has 3 fully saturated rings. The molecule has 0 bridgehead atoms. The Morgan fingerprint density at radius 3 is 2.67 bits per heavy atom. The Hall–Kier alpha value is -2.71. The molecule has 1 aromatic carbocycles. The zero-order valence-corrected chi connectivity index (χ0v) is 14.6. The second-order valence-corrected chi connectivity index (χ2v) is 7.41. The zero-order chi connectivity index (χ0) is 19.1. The van der Waals surface area contributed by atoms with E-state index in [1.165, 1.54) is 17.0 Å². The van der Waals surface area contributed by atoms with E-state index in [0.29, 0.717) is 36.2 Å². The molecule has 27 heavy (non-hydrogen) atoms. The minimum Gasteiger partial charge on any atom is -0.367 e. The molecule has 4 rings (SSSR count). The molecule has 8 heteroatoms. The van der Waals surface area contributed by atoms with E-state index in [0.717, 1.165) is 0 Å². The molecular weight excluding hydrogens is 352 g/mol. The minimum absolute atomic E-state index is 0.0196. The Morgan fingerprint density at radius 2 is 2.00 bits per heavy atom. The lowest BCUT2D eigenvalue weighted by Crippen LogP contribution is -2.43. The second kappa shape index (κ2) is 6.79. The second-order valence-electron chi connectivity index (χ2n) is 7.41. The third kappa shape index (κ3) is 3.11. The fourth-order valence-corrected chi connectivity index (χ4v) is 4.43. The van der Waals surface area contributed by atoms with Crippen molar-refractivity contribution in [3.8, 4) is 12.1 Å². The van der Waals surface area contributed by atoms with Gasteiger partial charge in [-0.2, -0.15) is 10.5 Å². The molecule has 140 valence electrons. The summed E-state index contributed by atoms with van der Waals surface area (Å²) >= 11 is 0. The van der Waals surface area contributed by atoms with Gasteiger partial charge in [-0.15, -0.1) is 0 Å². The number of nitrogens with one attached hydrogen (secondary N) is 1. The minimum atomic E-state index is -1.14. The van der Waals surface area contributed by atoms with E-state index in [4.69, 9.17) is 5.26 Å². The summed E-state index contributed by atoms with van der Waals surface area (Å²) in [5.41, 5.74) is 0.679. The Bertz CT molecular complexity index is 835. The number of amides is 1. The molecule has 1 N–H and O–H groups in total. The number of alkyl halides is 1. The maximum absolute atomic E-state index is 14.1. The molecular formula is C19H19F2N5O. The normalized spacial score (nSPS) is 31.3. The standard InChI is InChI=1S/C19H19F2N5O/c20-12-4-13(6-23)26(8-12)17(27)7-24-18-14-9-25(10-15(14)18)19-11(5-22)2-1-3-16(19)21/h1-3,12-15,18,24H,4,7-10H2/t12-,13-,14-,15+,18?/m0/s1. The number of carbonyl (C=O) groups is 1. The number of anilines is 1. The molecule has 1 saturated carbocycles. The van der Waals surface area contributed by atoms with Crippen LogP contribution in [0.3, 0.4) is 0 Å². The van der Waals surface area contributed by atoms with E-state index in [2.05, 4.69) is 5.32 Å². The van der Waals surface area contributed by atoms with Gasteiger partial charge in [0, 0.05) is 25.6 Å². The third-order valence-corrected chi connectivity index (χ3v) is 5.83. The average molecular weight is 371 g/mol. The quantitative estimate of drug-likeness (QED) is 0.860. The van der Waals surface area contributed by atoms with Crippen LogP contribution < -0.4 is 10.2 Å². The van der Waals surface area contributed by atoms with Crippen LogP contribution in [0.5, 0.6) is 0 Å². The largest absolute Gasteiger partial charge is 0.367 e. The first-order valence-corrected chi connectivity index (χ1v) is 9.03. The summed E-state index contributed by atoms with van der Waals surface area (Å²) in [7, 11) is 0. The van der Waals surface area contributed by atoms with Crippen molar-refractivity contribution in [1.29, 1.82) is 10.5 Å². The molecule has 1 unspecified atom stereocenters. The smallest absolute Gasteiger partial charge is 0.237 e. The van der Waals surface area contributed by atoms with Crippen molar-refractivity contribution in [2.24, 2.45) is 11.8 Å². The Kier molecular flexibility index (Phi) is 4.45. The van der Waals surface area contributed by atoms with Crippen LogP contribution in [0.15, 0.2) is 18.2 Å². The highest BCUT2D eigenvalue weighted by atomic mass is 19.1. The number of hydrogen-bond donors (Lipinski definition) is 1. The first-order valence-electron chi connectivity index (χ1n) is 9.03. The predicted octanol–water partition coefficient (Wildman–Crippen LogP) is 1.18. The highest BCUT2D eigenvalue weighted by Gasteiger charge is 2.56. The summed E-state index contributed by atoms with van der Waals surface area (Å²) in [6.45, 7) is 1.31. The summed E-state index contributed by atoms with van der Waals surface area (Å²) < 4.78 is 27.6. The van der Waals surface area contributed by atoms with Crippen LogP contribution in [0.1, 0.15) is 12.0 Å². The molecule has 2 heterocycles. The average Bonchev–Trinajstić information content (AvgIpc) is 2.99. The summed E-state index contributed by atoms with van der Waals surface area (Å²) in [6, 6.07) is 7.97. The maximum atomic E-state index is 14.1. The highest BCUT2D eigenvalue weighted by Crippen LogP contribution is 2.47. The van der Waals surface area contributed by atoms with Crippen LogP contribution in [0.2, 0.25) is 0 Å². The van der Waals surface area contributed by atoms with Crippen LogP contribution in [0.4, 0.5) is 14.5 Å². The molecule has 5 atom stereocenters. The number of para-hydroxylation sites is 1. The van der Waals surface area contributed by atoms with Gasteiger partial charge in [0.05, 0.1) is 30.4 Å². The number of nitrogens with zero attached hydrogens (tertiary/aromatic N) is 4. The molecule has 0 aromatic heterocycles. The van der Waals surface area contributed by atoms with Crippen molar-refractivity contribution in [2.45, 2.75) is 24.7 Å². The topological polar surface area (TPSA) is 83.2 Å². The van der Waals surface area contributed by atoms with E-state index in [9.17, 15) is 18.8 Å². The van der Waals surface area contributed by atoms with Crippen molar-refractivity contribution in [1.82, 2.24) is 10.2 Å². The van der Waals surface area contributed by atoms with E-state index in [-0.39, 0.29) is 31.5 Å². The van der Waals surface area contributed by atoms with Crippen LogP contribution in [-0.2, 0) is 4.79 Å². The molecule has 1 amide bonds. The molecule has 0 radical (unpaired) electrons. The highest BCUT2D eigenvalue weighted by molar-refractivity contribution is 5.79. The van der Waals surface area contributed by atoms with Crippen molar-refractivity contribution in [2.75, 3.05) is 31.1 Å². The number of rotatable bonds is 4. The Labute approximate surface area is 156 Å². The third-order valence-electron chi connectivity index (χ3n) is 5.83. The van der Waals surface area contributed by atoms with Gasteiger partial charge in [-0.3, -0.25) is 4.79 Å². The van der Waals surface area contributed by atoms with Gasteiger partial charge >= 0.3 is 0 Å². The van der Waals surface area contributed by atoms with Crippen LogP contribution in [0.25, 0.3) is 0 Å². The molecule has 6 nitrogen and oxygen atoms in total. The van der Waals surface area contributed by atoms with E-state index in [1.807, 2.05) is 17.0 Å². The van der Waals surface area contributed by atoms with Gasteiger partial charge in [-0.05, 0) is 24.0 Å². The lowest BCUT2D eigenvalue weighted by molar-refractivity contribution is -0.130. The first kappa shape index (κ1) is 17.7. The van der Waals surface area contributed by atoms with Gasteiger partial charge in [0.15, 0.2) is 0 Å². The Morgan fingerprint density at radius 1 is 1.26 bits per heavy atom. The Balaban J connectivity index is 1.31. The van der Waals surface area contributed by atoms with E-state index < -0.39 is 18.0 Å². The van der Waals surface area contributed by atoms with E-state index >= 15 is 0 Å². The summed E-state index contributed by atoms with van der Waals surface area (Å²) in [5, 5.41) is 21.4. The summed E-state index contributed by atoms with van der Waals surface area (Å²) in [4.78, 5) is 15.5. The molecule has 2 aliphatic heterocycles. The first-order chi connectivity index (χ1) is 13.0. The van der Waals surface area contributed by atoms with Crippen molar-refractivity contribution in [3.05, 3.63) is 29.6 Å². The van der Waals surface area contributed by atoms with Gasteiger partial charge in [-0.25, -0.2) is 8.78 Å². The van der Waals surface area contributed by atoms with Gasteiger partial charge in [-0.1, -0.05) is 6.07 Å². The summed E-state index contributed by atoms with van der Waals surface area (Å²) in [6.07, 6.45) is -1.06. The van der Waals surface area contributed by atoms with Crippen molar-refractivity contribution < 1.29 is 13.6 Å². The van der Waals surface area contributed by atoms with Gasteiger partial charge < -0.3 is 15.1 Å². The number of carbonyl (C=O) groups excluding carboxylic acids is 1. The number of likely N-dealkylation sites (tertiary alicyclic amines) is 1. The van der Waals surface area contributed by atoms with Crippen LogP contribution >= 0.6 is 0 Å². The fourth-order valence-electron chi connectivity index (χ4n) is 4.43. The molecule has 0 spiro atoms. The lowest BCUT2D eigenvalue weighted by Gasteiger charge is -2.24. The maximum Gasteiger partial charge on any atom is 0.237 e.